The molecule has 0 aromatic heterocycles. The van der Waals surface area contributed by atoms with Gasteiger partial charge in [-0.3, -0.25) is 9.59 Å². The van der Waals surface area contributed by atoms with Crippen LogP contribution in [0.3, 0.4) is 0 Å². The van der Waals surface area contributed by atoms with Crippen molar-refractivity contribution in [2.45, 2.75) is 41.5 Å². The maximum absolute atomic E-state index is 11.4. The third-order valence-electron chi connectivity index (χ3n) is 1.73. The quantitative estimate of drug-likeness (QED) is 0.563. The van der Waals surface area contributed by atoms with Gasteiger partial charge in [-0.05, 0) is 20.8 Å². The summed E-state index contributed by atoms with van der Waals surface area (Å²) in [5.41, 5.74) is -0.999. The van der Waals surface area contributed by atoms with E-state index >= 15 is 0 Å². The van der Waals surface area contributed by atoms with Crippen LogP contribution in [0.15, 0.2) is 0 Å². The Kier molecular flexibility index (Phi) is 4.31. The predicted octanol–water partition coefficient (Wildman–Crippen LogP) is 1.70. The molecule has 0 aromatic rings. The Morgan fingerprint density at radius 2 is 1.47 bits per heavy atom. The van der Waals surface area contributed by atoms with Crippen molar-refractivity contribution >= 4 is 11.9 Å². The third-order valence-corrected chi connectivity index (χ3v) is 1.73. The van der Waals surface area contributed by atoms with E-state index in [2.05, 4.69) is 5.32 Å². The summed E-state index contributed by atoms with van der Waals surface area (Å²) in [4.78, 5) is 22.7. The monoisotopic (exact) mass is 215 g/mol. The fourth-order valence-corrected chi connectivity index (χ4v) is 0.649. The van der Waals surface area contributed by atoms with Crippen molar-refractivity contribution in [3.8, 4) is 0 Å². The van der Waals surface area contributed by atoms with Gasteiger partial charge in [0.05, 0.1) is 5.41 Å². The van der Waals surface area contributed by atoms with Crippen molar-refractivity contribution in [3.63, 3.8) is 0 Å². The van der Waals surface area contributed by atoms with E-state index in [0.717, 1.165) is 0 Å². The molecule has 0 aromatic carbocycles. The number of carbonyl (C=O) groups is 2. The molecule has 0 spiro atoms. The highest BCUT2D eigenvalue weighted by molar-refractivity contribution is 5.81. The van der Waals surface area contributed by atoms with Crippen LogP contribution in [0.5, 0.6) is 0 Å². The Morgan fingerprint density at radius 1 is 1.00 bits per heavy atom. The largest absolute Gasteiger partial charge is 0.444 e. The van der Waals surface area contributed by atoms with E-state index < -0.39 is 10.8 Å². The van der Waals surface area contributed by atoms with E-state index in [0.29, 0.717) is 0 Å². The van der Waals surface area contributed by atoms with Gasteiger partial charge in [0.1, 0.15) is 0 Å². The Hall–Kier alpha value is -1.06. The van der Waals surface area contributed by atoms with E-state index in [4.69, 9.17) is 4.74 Å². The number of rotatable bonds is 2. The van der Waals surface area contributed by atoms with Crippen molar-refractivity contribution in [1.82, 2.24) is 5.32 Å². The summed E-state index contributed by atoms with van der Waals surface area (Å²) in [5, 5.41) is 2.54. The van der Waals surface area contributed by atoms with Crippen molar-refractivity contribution in [1.29, 1.82) is 0 Å². The van der Waals surface area contributed by atoms with Gasteiger partial charge in [-0.2, -0.15) is 0 Å². The Balaban J connectivity index is 3.92. The van der Waals surface area contributed by atoms with Crippen LogP contribution in [0.25, 0.3) is 0 Å². The van der Waals surface area contributed by atoms with Gasteiger partial charge in [-0.1, -0.05) is 20.8 Å². The van der Waals surface area contributed by atoms with E-state index in [9.17, 15) is 9.59 Å². The lowest BCUT2D eigenvalue weighted by Crippen LogP contribution is -2.38. The van der Waals surface area contributed by atoms with Gasteiger partial charge >= 0.3 is 5.97 Å². The minimum absolute atomic E-state index is 0.0633. The lowest BCUT2D eigenvalue weighted by atomic mass is 9.96. The summed E-state index contributed by atoms with van der Waals surface area (Å²) in [5.74, 6) is -0.457. The lowest BCUT2D eigenvalue weighted by Gasteiger charge is -2.20. The number of carbonyl (C=O) groups excluding carboxylic acids is 2. The van der Waals surface area contributed by atoms with E-state index in [1.165, 1.54) is 0 Å². The minimum atomic E-state index is -0.535. The molecule has 0 aliphatic carbocycles. The molecule has 0 saturated heterocycles. The number of amides is 1. The summed E-state index contributed by atoms with van der Waals surface area (Å²) < 4.78 is 4.90. The number of ether oxygens (including phenoxy) is 1. The molecule has 4 heteroatoms. The van der Waals surface area contributed by atoms with Gasteiger partial charge in [-0.25, -0.2) is 0 Å². The highest BCUT2D eigenvalue weighted by atomic mass is 16.5. The molecule has 0 bridgehead atoms. The SMILES string of the molecule is CC(C)(C)C(=O)NCOC(=O)C(C)(C)C. The van der Waals surface area contributed by atoms with Gasteiger partial charge in [0.15, 0.2) is 6.73 Å². The van der Waals surface area contributed by atoms with Crippen LogP contribution in [-0.2, 0) is 14.3 Å². The number of esters is 1. The summed E-state index contributed by atoms with van der Waals surface area (Å²) in [6.07, 6.45) is 0. The normalized spacial score (nSPS) is 12.1. The fraction of sp³-hybridized carbons (Fsp3) is 0.818. The molecule has 0 aliphatic rings. The zero-order valence-corrected chi connectivity index (χ0v) is 10.4. The first kappa shape index (κ1) is 13.9. The van der Waals surface area contributed by atoms with Gasteiger partial charge in [0.25, 0.3) is 0 Å². The number of hydrogen-bond acceptors (Lipinski definition) is 3. The lowest BCUT2D eigenvalue weighted by molar-refractivity contribution is -0.154. The topological polar surface area (TPSA) is 55.4 Å². The summed E-state index contributed by atoms with van der Waals surface area (Å²) >= 11 is 0. The zero-order valence-electron chi connectivity index (χ0n) is 10.4. The molecule has 0 atom stereocenters. The third kappa shape index (κ3) is 5.40. The molecule has 0 aliphatic heterocycles. The number of hydrogen-bond donors (Lipinski definition) is 1. The predicted molar refractivity (Wildman–Crippen MR) is 58.0 cm³/mol. The maximum atomic E-state index is 11.4. The van der Waals surface area contributed by atoms with Crippen LogP contribution < -0.4 is 5.32 Å². The van der Waals surface area contributed by atoms with Crippen LogP contribution in [0.2, 0.25) is 0 Å². The average molecular weight is 215 g/mol. The summed E-state index contributed by atoms with van der Waals surface area (Å²) in [7, 11) is 0. The molecule has 0 rings (SSSR count). The molecule has 1 amide bonds. The van der Waals surface area contributed by atoms with Crippen LogP contribution in [0.4, 0.5) is 0 Å². The molecule has 4 nitrogen and oxygen atoms in total. The molecule has 0 fully saturated rings. The highest BCUT2D eigenvalue weighted by Crippen LogP contribution is 2.15. The molecule has 0 saturated carbocycles. The van der Waals surface area contributed by atoms with Gasteiger partial charge in [0.2, 0.25) is 5.91 Å². The first-order valence-electron chi connectivity index (χ1n) is 5.00. The Morgan fingerprint density at radius 3 is 1.80 bits per heavy atom. The van der Waals surface area contributed by atoms with Gasteiger partial charge < -0.3 is 10.1 Å². The second-order valence-electron chi connectivity index (χ2n) is 5.58. The van der Waals surface area contributed by atoms with Crippen molar-refractivity contribution in [2.24, 2.45) is 10.8 Å². The molecule has 0 unspecified atom stereocenters. The molecule has 15 heavy (non-hydrogen) atoms. The van der Waals surface area contributed by atoms with Gasteiger partial charge in [0, 0.05) is 5.41 Å². The maximum Gasteiger partial charge on any atom is 0.312 e. The van der Waals surface area contributed by atoms with Crippen LogP contribution in [0.1, 0.15) is 41.5 Å². The fourth-order valence-electron chi connectivity index (χ4n) is 0.649. The minimum Gasteiger partial charge on any atom is -0.444 e. The van der Waals surface area contributed by atoms with E-state index in [-0.39, 0.29) is 18.6 Å². The average Bonchev–Trinajstić information content (AvgIpc) is 2.00. The summed E-state index contributed by atoms with van der Waals surface area (Å²) in [6, 6.07) is 0. The number of nitrogens with one attached hydrogen (secondary N) is 1. The Labute approximate surface area is 91.4 Å². The smallest absolute Gasteiger partial charge is 0.312 e. The van der Waals surface area contributed by atoms with Crippen LogP contribution in [0, 0.1) is 10.8 Å². The van der Waals surface area contributed by atoms with E-state index in [1.54, 1.807) is 41.5 Å². The molecule has 0 heterocycles. The van der Waals surface area contributed by atoms with Crippen LogP contribution >= 0.6 is 0 Å². The van der Waals surface area contributed by atoms with Gasteiger partial charge in [-0.15, -0.1) is 0 Å². The highest BCUT2D eigenvalue weighted by Gasteiger charge is 2.24. The Bertz CT molecular complexity index is 220. The molecule has 0 radical (unpaired) electrons. The van der Waals surface area contributed by atoms with E-state index in [1.807, 2.05) is 0 Å². The summed E-state index contributed by atoms with van der Waals surface area (Å²) in [6.45, 7) is 10.6. The van der Waals surface area contributed by atoms with Crippen molar-refractivity contribution in [3.05, 3.63) is 0 Å². The van der Waals surface area contributed by atoms with Crippen molar-refractivity contribution < 1.29 is 14.3 Å². The first-order valence-corrected chi connectivity index (χ1v) is 5.00. The molecule has 1 N–H and O–H groups in total. The molecular weight excluding hydrogens is 194 g/mol. The zero-order chi connectivity index (χ0) is 12.3. The molecular formula is C11H21NO3. The second kappa shape index (κ2) is 4.64. The molecule has 88 valence electrons. The standard InChI is InChI=1S/C11H21NO3/c1-10(2,3)8(13)12-7-15-9(14)11(4,5)6/h7H2,1-6H3,(H,12,13). The van der Waals surface area contributed by atoms with Crippen LogP contribution in [-0.4, -0.2) is 18.6 Å². The second-order valence-corrected chi connectivity index (χ2v) is 5.58. The first-order chi connectivity index (χ1) is 6.55. The van der Waals surface area contributed by atoms with Crippen molar-refractivity contribution in [2.75, 3.05) is 6.73 Å².